The number of benzene rings is 2. The minimum atomic E-state index is -0.650. The second-order valence-electron chi connectivity index (χ2n) is 8.20. The average molecular weight is 465 g/mol. The van der Waals surface area contributed by atoms with Crippen LogP contribution in [0.1, 0.15) is 12.0 Å². The molecule has 0 radical (unpaired) electrons. The van der Waals surface area contributed by atoms with Crippen LogP contribution in [0, 0.1) is 11.3 Å². The number of nitrogens with one attached hydrogen (secondary N) is 2. The summed E-state index contributed by atoms with van der Waals surface area (Å²) >= 11 is 0. The molecule has 0 spiro atoms. The molecule has 0 bridgehead atoms. The van der Waals surface area contributed by atoms with E-state index in [1.807, 2.05) is 36.4 Å². The third-order valence-corrected chi connectivity index (χ3v) is 5.82. The van der Waals surface area contributed by atoms with Crippen LogP contribution in [0.15, 0.2) is 51.7 Å². The fraction of sp³-hybridized carbons (Fsp3) is 0.400. The van der Waals surface area contributed by atoms with Crippen LogP contribution < -0.4 is 16.4 Å². The first-order chi connectivity index (χ1) is 16.6. The van der Waals surface area contributed by atoms with E-state index in [1.165, 1.54) is 0 Å². The number of nitrogens with zero attached hydrogens (tertiary/aromatic N) is 2. The summed E-state index contributed by atoms with van der Waals surface area (Å²) in [6.07, 6.45) is 0.663. The van der Waals surface area contributed by atoms with Gasteiger partial charge >= 0.3 is 5.76 Å². The van der Waals surface area contributed by atoms with Gasteiger partial charge in [0.25, 0.3) is 5.91 Å². The van der Waals surface area contributed by atoms with Gasteiger partial charge in [-0.05, 0) is 41.8 Å². The maximum absolute atomic E-state index is 12.5. The molecule has 1 aliphatic rings. The Balaban J connectivity index is 1.45. The van der Waals surface area contributed by atoms with Crippen molar-refractivity contribution in [3.05, 3.63) is 58.6 Å². The zero-order valence-electron chi connectivity index (χ0n) is 19.1. The molecule has 1 saturated heterocycles. The van der Waals surface area contributed by atoms with Crippen LogP contribution >= 0.6 is 0 Å². The molecular weight excluding hydrogens is 436 g/mol. The number of hydrogen-bond acceptors (Lipinski definition) is 7. The standard InChI is InChI=1S/C25H28N4O5/c1-32-12-10-29-21-14-19(7-8-22(21)34-25(29)31)18-5-3-17(4-6-18)13-20(15-26)28-24(30)23-16-27-9-2-11-33-23/h3-8,14,20,23,27H,2,9-13,16H2,1H3,(H,28,30)/t20-,23-/m0/s1. The largest absolute Gasteiger partial charge is 0.420 e. The lowest BCUT2D eigenvalue weighted by Gasteiger charge is -2.18. The third kappa shape index (κ3) is 5.54. The Morgan fingerprint density at radius 1 is 1.29 bits per heavy atom. The minimum Gasteiger partial charge on any atom is -0.408 e. The van der Waals surface area contributed by atoms with E-state index in [4.69, 9.17) is 13.9 Å². The van der Waals surface area contributed by atoms with Gasteiger partial charge in [-0.2, -0.15) is 5.26 Å². The number of amides is 1. The molecule has 2 N–H and O–H groups in total. The second-order valence-corrected chi connectivity index (χ2v) is 8.20. The van der Waals surface area contributed by atoms with Gasteiger partial charge in [-0.15, -0.1) is 0 Å². The van der Waals surface area contributed by atoms with Crippen LogP contribution in [-0.2, 0) is 27.2 Å². The normalized spacial score (nSPS) is 17.1. The molecule has 0 unspecified atom stereocenters. The molecular formula is C25H28N4O5. The summed E-state index contributed by atoms with van der Waals surface area (Å²) in [5, 5.41) is 15.5. The van der Waals surface area contributed by atoms with E-state index in [9.17, 15) is 14.9 Å². The number of carbonyl (C=O) groups excluding carboxylic acids is 1. The van der Waals surface area contributed by atoms with Crippen LogP contribution in [-0.4, -0.2) is 56.0 Å². The number of nitriles is 1. The number of carbonyl (C=O) groups is 1. The predicted octanol–water partition coefficient (Wildman–Crippen LogP) is 1.84. The molecule has 1 aromatic heterocycles. The van der Waals surface area contributed by atoms with Crippen LogP contribution in [0.25, 0.3) is 22.2 Å². The van der Waals surface area contributed by atoms with Crippen LogP contribution in [0.4, 0.5) is 0 Å². The van der Waals surface area contributed by atoms with Gasteiger partial charge in [0.2, 0.25) is 0 Å². The van der Waals surface area contributed by atoms with E-state index in [2.05, 4.69) is 16.7 Å². The average Bonchev–Trinajstić information content (AvgIpc) is 3.01. The Kier molecular flexibility index (Phi) is 7.75. The molecule has 4 rings (SSSR count). The number of hydrogen-bond donors (Lipinski definition) is 2. The molecule has 34 heavy (non-hydrogen) atoms. The van der Waals surface area contributed by atoms with Gasteiger partial charge in [0.1, 0.15) is 12.1 Å². The zero-order chi connectivity index (χ0) is 23.9. The van der Waals surface area contributed by atoms with Gasteiger partial charge in [0, 0.05) is 26.7 Å². The van der Waals surface area contributed by atoms with Gasteiger partial charge in [0.15, 0.2) is 5.58 Å². The van der Waals surface area contributed by atoms with Gasteiger partial charge in [-0.25, -0.2) is 4.79 Å². The molecule has 1 amide bonds. The van der Waals surface area contributed by atoms with Crippen molar-refractivity contribution in [3.63, 3.8) is 0 Å². The monoisotopic (exact) mass is 464 g/mol. The van der Waals surface area contributed by atoms with Crippen molar-refractivity contribution in [2.75, 3.05) is 33.4 Å². The lowest BCUT2D eigenvalue weighted by Crippen LogP contribution is -2.46. The number of oxazole rings is 1. The maximum Gasteiger partial charge on any atom is 0.420 e. The molecule has 178 valence electrons. The van der Waals surface area contributed by atoms with Crippen molar-refractivity contribution in [3.8, 4) is 17.2 Å². The van der Waals surface area contributed by atoms with Gasteiger partial charge < -0.3 is 24.5 Å². The van der Waals surface area contributed by atoms with Crippen molar-refractivity contribution in [1.29, 1.82) is 5.26 Å². The molecule has 1 fully saturated rings. The predicted molar refractivity (Wildman–Crippen MR) is 126 cm³/mol. The van der Waals surface area contributed by atoms with E-state index in [1.54, 1.807) is 17.7 Å². The first-order valence-electron chi connectivity index (χ1n) is 11.3. The molecule has 9 heteroatoms. The van der Waals surface area contributed by atoms with Crippen molar-refractivity contribution < 1.29 is 18.7 Å². The Hall–Kier alpha value is -3.45. The van der Waals surface area contributed by atoms with E-state index < -0.39 is 17.9 Å². The fourth-order valence-corrected chi connectivity index (χ4v) is 3.98. The molecule has 2 aromatic carbocycles. The number of aromatic nitrogens is 1. The van der Waals surface area contributed by atoms with Gasteiger partial charge in [0.05, 0.1) is 24.7 Å². The fourth-order valence-electron chi connectivity index (χ4n) is 3.98. The highest BCUT2D eigenvalue weighted by molar-refractivity contribution is 5.82. The van der Waals surface area contributed by atoms with Crippen LogP contribution in [0.2, 0.25) is 0 Å². The highest BCUT2D eigenvalue weighted by atomic mass is 16.5. The van der Waals surface area contributed by atoms with Crippen molar-refractivity contribution in [1.82, 2.24) is 15.2 Å². The molecule has 2 atom stereocenters. The molecule has 0 aliphatic carbocycles. The van der Waals surface area contributed by atoms with Crippen LogP contribution in [0.5, 0.6) is 0 Å². The molecule has 0 saturated carbocycles. The Morgan fingerprint density at radius 3 is 2.85 bits per heavy atom. The Morgan fingerprint density at radius 2 is 2.09 bits per heavy atom. The number of rotatable bonds is 8. The second kappa shape index (κ2) is 11.1. The number of fused-ring (bicyclic) bond motifs is 1. The van der Waals surface area contributed by atoms with Crippen molar-refractivity contribution in [2.24, 2.45) is 0 Å². The van der Waals surface area contributed by atoms with Crippen LogP contribution in [0.3, 0.4) is 0 Å². The number of ether oxygens (including phenoxy) is 2. The summed E-state index contributed by atoms with van der Waals surface area (Å²) in [4.78, 5) is 24.6. The topological polar surface area (TPSA) is 119 Å². The zero-order valence-corrected chi connectivity index (χ0v) is 19.1. The summed E-state index contributed by atoms with van der Waals surface area (Å²) in [5.74, 6) is -0.681. The highest BCUT2D eigenvalue weighted by Gasteiger charge is 2.23. The SMILES string of the molecule is COCCn1c(=O)oc2ccc(-c3ccc(C[C@@H](C#N)NC(=O)[C@@H]4CNCCCO4)cc3)cc21. The summed E-state index contributed by atoms with van der Waals surface area (Å²) in [6, 6.07) is 14.9. The summed E-state index contributed by atoms with van der Waals surface area (Å²) in [6.45, 7) is 2.60. The molecule has 3 aromatic rings. The molecule has 1 aliphatic heterocycles. The van der Waals surface area contributed by atoms with Crippen molar-refractivity contribution in [2.45, 2.75) is 31.5 Å². The van der Waals surface area contributed by atoms with Gasteiger partial charge in [-0.3, -0.25) is 9.36 Å². The third-order valence-electron chi connectivity index (χ3n) is 5.82. The van der Waals surface area contributed by atoms with E-state index in [0.717, 1.165) is 29.7 Å². The van der Waals surface area contributed by atoms with E-state index in [-0.39, 0.29) is 5.91 Å². The quantitative estimate of drug-likeness (QED) is 0.522. The highest BCUT2D eigenvalue weighted by Crippen LogP contribution is 2.25. The Bertz CT molecular complexity index is 1220. The maximum atomic E-state index is 12.5. The Labute approximate surface area is 197 Å². The molecule has 9 nitrogen and oxygen atoms in total. The smallest absolute Gasteiger partial charge is 0.408 e. The lowest BCUT2D eigenvalue weighted by molar-refractivity contribution is -0.132. The summed E-state index contributed by atoms with van der Waals surface area (Å²) in [5.41, 5.74) is 4.08. The first-order valence-corrected chi connectivity index (χ1v) is 11.3. The minimum absolute atomic E-state index is 0.273. The van der Waals surface area contributed by atoms with E-state index in [0.29, 0.717) is 43.8 Å². The van der Waals surface area contributed by atoms with Crippen molar-refractivity contribution >= 4 is 17.0 Å². The molecule has 2 heterocycles. The summed E-state index contributed by atoms with van der Waals surface area (Å²) in [7, 11) is 1.59. The first kappa shape index (κ1) is 23.7. The lowest BCUT2D eigenvalue weighted by atomic mass is 10.0. The van der Waals surface area contributed by atoms with E-state index >= 15 is 0 Å². The summed E-state index contributed by atoms with van der Waals surface area (Å²) < 4.78 is 17.5. The number of methoxy groups -OCH3 is 1. The van der Waals surface area contributed by atoms with Gasteiger partial charge in [-0.1, -0.05) is 30.3 Å².